The summed E-state index contributed by atoms with van der Waals surface area (Å²) in [6, 6.07) is 12.2. The molecule has 0 saturated carbocycles. The number of rotatable bonds is 6. The third-order valence-corrected chi connectivity index (χ3v) is 6.02. The van der Waals surface area contributed by atoms with Gasteiger partial charge in [-0.15, -0.1) is 0 Å². The minimum absolute atomic E-state index is 0.0202. The molecule has 2 saturated heterocycles. The molecule has 0 radical (unpaired) electrons. The Morgan fingerprint density at radius 1 is 1.16 bits per heavy atom. The second kappa shape index (κ2) is 9.00. The Hall–Kier alpha value is -3.39. The van der Waals surface area contributed by atoms with Gasteiger partial charge in [-0.25, -0.2) is 0 Å². The highest BCUT2D eigenvalue weighted by Crippen LogP contribution is 2.28. The summed E-state index contributed by atoms with van der Waals surface area (Å²) in [5, 5.41) is 12.4. The van der Waals surface area contributed by atoms with Crippen LogP contribution in [0.2, 0.25) is 0 Å². The fraction of sp³-hybridized carbons (Fsp3) is 0.375. The van der Waals surface area contributed by atoms with E-state index < -0.39 is 12.1 Å². The number of hydrogen-bond donors (Lipinski definition) is 2. The monoisotopic (exact) mass is 437 g/mol. The zero-order chi connectivity index (χ0) is 22.8. The number of nitrogens with zero attached hydrogens (tertiary/aromatic N) is 2. The van der Waals surface area contributed by atoms with Gasteiger partial charge in [0.05, 0.1) is 6.10 Å². The molecule has 0 spiro atoms. The van der Waals surface area contributed by atoms with E-state index in [2.05, 4.69) is 5.32 Å². The molecule has 2 fully saturated rings. The molecule has 168 valence electrons. The third kappa shape index (κ3) is 4.45. The van der Waals surface area contributed by atoms with Crippen LogP contribution in [-0.4, -0.2) is 73.0 Å². The van der Waals surface area contributed by atoms with E-state index in [4.69, 9.17) is 4.74 Å². The van der Waals surface area contributed by atoms with Crippen LogP contribution in [-0.2, 0) is 20.7 Å². The van der Waals surface area contributed by atoms with Crippen molar-refractivity contribution in [3.05, 3.63) is 59.7 Å². The highest BCUT2D eigenvalue weighted by atomic mass is 16.5. The van der Waals surface area contributed by atoms with E-state index in [1.54, 1.807) is 41.3 Å². The van der Waals surface area contributed by atoms with Crippen LogP contribution >= 0.6 is 0 Å². The number of likely N-dealkylation sites (tertiary alicyclic amines) is 1. The summed E-state index contributed by atoms with van der Waals surface area (Å²) in [6.07, 6.45) is 0.576. The van der Waals surface area contributed by atoms with Crippen LogP contribution in [0.15, 0.2) is 48.5 Å². The smallest absolute Gasteiger partial charge is 0.251 e. The quantitative estimate of drug-likeness (QED) is 0.708. The maximum absolute atomic E-state index is 13.5. The van der Waals surface area contributed by atoms with Crippen LogP contribution in [0, 0.1) is 0 Å². The lowest BCUT2D eigenvalue weighted by Crippen LogP contribution is -2.53. The van der Waals surface area contributed by atoms with Gasteiger partial charge in [-0.3, -0.25) is 14.4 Å². The fourth-order valence-electron chi connectivity index (χ4n) is 4.26. The van der Waals surface area contributed by atoms with Crippen LogP contribution in [0.5, 0.6) is 5.75 Å². The van der Waals surface area contributed by atoms with Crippen molar-refractivity contribution in [2.45, 2.75) is 31.0 Å². The summed E-state index contributed by atoms with van der Waals surface area (Å²) >= 11 is 0. The fourth-order valence-corrected chi connectivity index (χ4v) is 4.26. The first-order valence-electron chi connectivity index (χ1n) is 10.6. The maximum atomic E-state index is 13.5. The van der Waals surface area contributed by atoms with Crippen LogP contribution in [0.4, 0.5) is 5.69 Å². The van der Waals surface area contributed by atoms with Gasteiger partial charge in [0.1, 0.15) is 24.4 Å². The minimum atomic E-state index is -0.854. The first-order chi connectivity index (χ1) is 15.3. The first-order valence-corrected chi connectivity index (χ1v) is 10.6. The van der Waals surface area contributed by atoms with Gasteiger partial charge in [-0.2, -0.15) is 0 Å². The molecule has 32 heavy (non-hydrogen) atoms. The lowest BCUT2D eigenvalue weighted by Gasteiger charge is -2.27. The lowest BCUT2D eigenvalue weighted by molar-refractivity contribution is -0.138. The summed E-state index contributed by atoms with van der Waals surface area (Å²) in [4.78, 5) is 42.2. The molecule has 0 bridgehead atoms. The van der Waals surface area contributed by atoms with Crippen molar-refractivity contribution in [2.24, 2.45) is 0 Å². The summed E-state index contributed by atoms with van der Waals surface area (Å²) < 4.78 is 5.50. The van der Waals surface area contributed by atoms with Gasteiger partial charge in [0.25, 0.3) is 5.91 Å². The number of hydrogen-bond acceptors (Lipinski definition) is 6. The van der Waals surface area contributed by atoms with Crippen molar-refractivity contribution in [2.75, 3.05) is 32.1 Å². The SMILES string of the molecule is CN(C)c1ccc(C(=O)NC(Cc2ccc(O)cc2)C(=O)N2CCC3OCC(=O)C32)cc1. The van der Waals surface area contributed by atoms with E-state index in [-0.39, 0.29) is 42.5 Å². The van der Waals surface area contributed by atoms with Crippen molar-refractivity contribution >= 4 is 23.3 Å². The van der Waals surface area contributed by atoms with E-state index >= 15 is 0 Å². The van der Waals surface area contributed by atoms with Crippen LogP contribution in [0.1, 0.15) is 22.3 Å². The van der Waals surface area contributed by atoms with Crippen LogP contribution < -0.4 is 10.2 Å². The Labute approximate surface area is 186 Å². The van der Waals surface area contributed by atoms with Crippen LogP contribution in [0.3, 0.4) is 0 Å². The van der Waals surface area contributed by atoms with E-state index in [0.717, 1.165) is 11.3 Å². The molecular formula is C24H27N3O5. The van der Waals surface area contributed by atoms with E-state index in [1.165, 1.54) is 0 Å². The number of amides is 2. The van der Waals surface area contributed by atoms with E-state index in [1.807, 2.05) is 31.1 Å². The molecule has 0 aromatic heterocycles. The Kier molecular flexibility index (Phi) is 6.14. The largest absolute Gasteiger partial charge is 0.508 e. The predicted octanol–water partition coefficient (Wildman–Crippen LogP) is 1.37. The number of nitrogens with one attached hydrogen (secondary N) is 1. The molecule has 2 aliphatic heterocycles. The maximum Gasteiger partial charge on any atom is 0.251 e. The molecule has 8 heteroatoms. The number of anilines is 1. The molecule has 2 heterocycles. The van der Waals surface area contributed by atoms with Crippen LogP contribution in [0.25, 0.3) is 0 Å². The van der Waals surface area contributed by atoms with Gasteiger partial charge in [-0.05, 0) is 48.4 Å². The van der Waals surface area contributed by atoms with Gasteiger partial charge in [0.15, 0.2) is 5.78 Å². The zero-order valence-electron chi connectivity index (χ0n) is 18.2. The number of phenolic OH excluding ortho intramolecular Hbond substituents is 1. The molecule has 3 atom stereocenters. The van der Waals surface area contributed by atoms with Gasteiger partial charge < -0.3 is 25.0 Å². The Balaban J connectivity index is 1.55. The highest BCUT2D eigenvalue weighted by Gasteiger charge is 2.48. The Morgan fingerprint density at radius 2 is 1.84 bits per heavy atom. The highest BCUT2D eigenvalue weighted by molar-refractivity contribution is 5.99. The van der Waals surface area contributed by atoms with Crippen molar-refractivity contribution in [1.29, 1.82) is 0 Å². The Bertz CT molecular complexity index is 1000. The second-order valence-corrected chi connectivity index (χ2v) is 8.42. The number of phenols is 1. The second-order valence-electron chi connectivity index (χ2n) is 8.42. The topological polar surface area (TPSA) is 99.2 Å². The number of fused-ring (bicyclic) bond motifs is 1. The molecule has 2 aromatic rings. The third-order valence-electron chi connectivity index (χ3n) is 6.02. The Morgan fingerprint density at radius 3 is 2.50 bits per heavy atom. The predicted molar refractivity (Wildman–Crippen MR) is 119 cm³/mol. The average molecular weight is 437 g/mol. The molecule has 2 aromatic carbocycles. The lowest BCUT2D eigenvalue weighted by atomic mass is 10.0. The summed E-state index contributed by atoms with van der Waals surface area (Å²) in [7, 11) is 3.83. The number of aromatic hydroxyl groups is 1. The number of ketones is 1. The number of carbonyl (C=O) groups excluding carboxylic acids is 3. The summed E-state index contributed by atoms with van der Waals surface area (Å²) in [5.74, 6) is -0.646. The number of ether oxygens (including phenoxy) is 1. The minimum Gasteiger partial charge on any atom is -0.508 e. The van der Waals surface area contributed by atoms with Gasteiger partial charge in [0, 0.05) is 38.3 Å². The molecule has 0 aliphatic carbocycles. The molecule has 2 N–H and O–H groups in total. The van der Waals surface area contributed by atoms with E-state index in [9.17, 15) is 19.5 Å². The molecular weight excluding hydrogens is 410 g/mol. The average Bonchev–Trinajstić information content (AvgIpc) is 3.37. The molecule has 8 nitrogen and oxygen atoms in total. The number of Topliss-reactive ketones (excluding diaryl/α,β-unsaturated/α-hetero) is 1. The van der Waals surface area contributed by atoms with Crippen molar-refractivity contribution in [1.82, 2.24) is 10.2 Å². The molecule has 2 amide bonds. The summed E-state index contributed by atoms with van der Waals surface area (Å²) in [5.41, 5.74) is 2.19. The van der Waals surface area contributed by atoms with Gasteiger partial charge in [-0.1, -0.05) is 12.1 Å². The van der Waals surface area contributed by atoms with Crippen molar-refractivity contribution in [3.63, 3.8) is 0 Å². The van der Waals surface area contributed by atoms with Gasteiger partial charge in [0.2, 0.25) is 5.91 Å². The van der Waals surface area contributed by atoms with E-state index in [0.29, 0.717) is 18.5 Å². The number of benzene rings is 2. The van der Waals surface area contributed by atoms with Crippen molar-refractivity contribution < 1.29 is 24.2 Å². The summed E-state index contributed by atoms with van der Waals surface area (Å²) in [6.45, 7) is 0.436. The number of carbonyl (C=O) groups is 3. The molecule has 4 rings (SSSR count). The zero-order valence-corrected chi connectivity index (χ0v) is 18.2. The molecule has 2 aliphatic rings. The normalized spacial score (nSPS) is 20.7. The van der Waals surface area contributed by atoms with Crippen molar-refractivity contribution in [3.8, 4) is 5.75 Å². The molecule has 3 unspecified atom stereocenters. The van der Waals surface area contributed by atoms with Gasteiger partial charge >= 0.3 is 0 Å². The first kappa shape index (κ1) is 21.8. The standard InChI is InChI=1S/C24H27N3O5/c1-26(2)17-7-5-16(6-8-17)23(30)25-19(13-15-3-9-18(28)10-4-15)24(31)27-12-11-21-22(27)20(29)14-32-21/h3-10,19,21-22,28H,11-14H2,1-2H3,(H,25,30).